The summed E-state index contributed by atoms with van der Waals surface area (Å²) in [6, 6.07) is 17.0. The van der Waals surface area contributed by atoms with Gasteiger partial charge in [0.05, 0.1) is 29.4 Å². The molecule has 0 unspecified atom stereocenters. The molecular weight excluding hydrogens is 428 g/mol. The third kappa shape index (κ3) is 3.80. The van der Waals surface area contributed by atoms with Crippen LogP contribution in [0.3, 0.4) is 0 Å². The summed E-state index contributed by atoms with van der Waals surface area (Å²) in [5.41, 5.74) is 2.80. The van der Waals surface area contributed by atoms with Crippen LogP contribution in [-0.4, -0.2) is 9.85 Å². The molecule has 0 amide bonds. The maximum absolute atomic E-state index is 11.4. The van der Waals surface area contributed by atoms with Gasteiger partial charge in [-0.05, 0) is 35.0 Å². The van der Waals surface area contributed by atoms with Gasteiger partial charge in [0, 0.05) is 23.3 Å². The Labute approximate surface area is 177 Å². The first-order valence-corrected chi connectivity index (χ1v) is 10.9. The Kier molecular flexibility index (Phi) is 5.43. The maximum Gasteiger partial charge on any atom is 0.277 e. The summed E-state index contributed by atoms with van der Waals surface area (Å²) in [5, 5.41) is 26.6. The van der Waals surface area contributed by atoms with Crippen molar-refractivity contribution in [2.24, 2.45) is 0 Å². The molecule has 0 N–H and O–H groups in total. The van der Waals surface area contributed by atoms with Crippen molar-refractivity contribution in [3.8, 4) is 22.3 Å². The van der Waals surface area contributed by atoms with Gasteiger partial charge in [-0.2, -0.15) is 0 Å². The van der Waals surface area contributed by atoms with Gasteiger partial charge in [0.2, 0.25) is 0 Å². The normalized spacial score (nSPS) is 10.8. The lowest BCUT2D eigenvalue weighted by Gasteiger charge is -2.07. The van der Waals surface area contributed by atoms with Crippen molar-refractivity contribution in [3.05, 3.63) is 91.7 Å². The van der Waals surface area contributed by atoms with E-state index in [0.29, 0.717) is 11.1 Å². The number of hydrogen-bond acceptors (Lipinski definition) is 7. The van der Waals surface area contributed by atoms with Crippen molar-refractivity contribution < 1.29 is 9.85 Å². The third-order valence-corrected chi connectivity index (χ3v) is 7.53. The van der Waals surface area contributed by atoms with Crippen LogP contribution in [0.5, 0.6) is 0 Å². The Morgan fingerprint density at radius 2 is 1.03 bits per heavy atom. The van der Waals surface area contributed by atoms with Crippen LogP contribution in [0, 0.1) is 20.2 Å². The van der Waals surface area contributed by atoms with Crippen LogP contribution in [0.2, 0.25) is 0 Å². The van der Waals surface area contributed by atoms with Crippen molar-refractivity contribution in [1.29, 1.82) is 0 Å². The fourth-order valence-electron chi connectivity index (χ4n) is 2.95. The monoisotopic (exact) mass is 440 g/mol. The Balaban J connectivity index is 1.75. The summed E-state index contributed by atoms with van der Waals surface area (Å²) in [6.07, 6.45) is 0. The van der Waals surface area contributed by atoms with Gasteiger partial charge < -0.3 is 0 Å². The number of para-hydroxylation sites is 2. The molecule has 0 saturated heterocycles. The number of rotatable bonds is 6. The van der Waals surface area contributed by atoms with E-state index >= 15 is 0 Å². The second-order valence-electron chi connectivity index (χ2n) is 5.89. The molecule has 0 fully saturated rings. The molecule has 0 saturated carbocycles. The molecular formula is C20H12N2O4S3. The van der Waals surface area contributed by atoms with Crippen LogP contribution in [0.4, 0.5) is 11.4 Å². The average molecular weight is 441 g/mol. The molecule has 2 aromatic heterocycles. The predicted octanol–water partition coefficient (Wildman–Crippen LogP) is 7.11. The summed E-state index contributed by atoms with van der Waals surface area (Å²) < 4.78 is 1.81. The largest absolute Gasteiger partial charge is 0.277 e. The van der Waals surface area contributed by atoms with E-state index < -0.39 is 0 Å². The standard InChI is InChI=1S/C20H12N2O4S3/c23-21(24)17-7-3-1-5-13(17)15-9-11-27-19(15)29-20-16(10-12-28-20)14-6-2-4-8-18(14)22(25)26/h1-12H. The summed E-state index contributed by atoms with van der Waals surface area (Å²) in [5.74, 6) is 0. The van der Waals surface area contributed by atoms with Crippen molar-refractivity contribution in [2.45, 2.75) is 8.42 Å². The van der Waals surface area contributed by atoms with Gasteiger partial charge in [0.25, 0.3) is 11.4 Å². The molecule has 0 atom stereocenters. The highest BCUT2D eigenvalue weighted by atomic mass is 32.2. The maximum atomic E-state index is 11.4. The van der Waals surface area contributed by atoms with E-state index in [9.17, 15) is 20.2 Å². The van der Waals surface area contributed by atoms with E-state index in [0.717, 1.165) is 19.5 Å². The van der Waals surface area contributed by atoms with E-state index in [4.69, 9.17) is 0 Å². The number of hydrogen-bond donors (Lipinski definition) is 0. The van der Waals surface area contributed by atoms with Crippen molar-refractivity contribution in [2.75, 3.05) is 0 Å². The highest BCUT2D eigenvalue weighted by Gasteiger charge is 2.22. The summed E-state index contributed by atoms with van der Waals surface area (Å²) in [6.45, 7) is 0. The topological polar surface area (TPSA) is 86.3 Å². The van der Waals surface area contributed by atoms with Crippen molar-refractivity contribution in [1.82, 2.24) is 0 Å². The first-order valence-electron chi connectivity index (χ1n) is 8.36. The highest BCUT2D eigenvalue weighted by Crippen LogP contribution is 2.48. The van der Waals surface area contributed by atoms with Gasteiger partial charge in [-0.25, -0.2) is 0 Å². The van der Waals surface area contributed by atoms with Crippen LogP contribution >= 0.6 is 34.4 Å². The minimum absolute atomic E-state index is 0.0536. The molecule has 0 aliphatic carbocycles. The number of nitrogens with zero attached hydrogens (tertiary/aromatic N) is 2. The molecule has 0 aliphatic heterocycles. The minimum atomic E-state index is -0.384. The number of nitro benzene ring substituents is 2. The van der Waals surface area contributed by atoms with E-state index in [1.54, 1.807) is 36.4 Å². The minimum Gasteiger partial charge on any atom is -0.258 e. The van der Waals surface area contributed by atoms with Crippen LogP contribution in [0.1, 0.15) is 0 Å². The highest BCUT2D eigenvalue weighted by molar-refractivity contribution is 8.03. The fourth-order valence-corrected chi connectivity index (χ4v) is 6.34. The van der Waals surface area contributed by atoms with Gasteiger partial charge in [-0.3, -0.25) is 20.2 Å². The average Bonchev–Trinajstić information content (AvgIpc) is 3.37. The molecule has 29 heavy (non-hydrogen) atoms. The van der Waals surface area contributed by atoms with E-state index in [1.807, 2.05) is 22.9 Å². The fraction of sp³-hybridized carbons (Fsp3) is 0. The molecule has 4 aromatic rings. The lowest BCUT2D eigenvalue weighted by atomic mass is 10.1. The number of benzene rings is 2. The first-order chi connectivity index (χ1) is 14.1. The molecule has 2 aromatic carbocycles. The van der Waals surface area contributed by atoms with Crippen molar-refractivity contribution in [3.63, 3.8) is 0 Å². The zero-order chi connectivity index (χ0) is 20.4. The van der Waals surface area contributed by atoms with Crippen LogP contribution < -0.4 is 0 Å². The Morgan fingerprint density at radius 3 is 1.45 bits per heavy atom. The second kappa shape index (κ2) is 8.16. The van der Waals surface area contributed by atoms with Gasteiger partial charge >= 0.3 is 0 Å². The Morgan fingerprint density at radius 1 is 0.621 bits per heavy atom. The van der Waals surface area contributed by atoms with E-state index in [-0.39, 0.29) is 21.2 Å². The predicted molar refractivity (Wildman–Crippen MR) is 117 cm³/mol. The number of nitro groups is 2. The van der Waals surface area contributed by atoms with Crippen LogP contribution in [-0.2, 0) is 0 Å². The molecule has 0 spiro atoms. The molecule has 6 nitrogen and oxygen atoms in total. The molecule has 4 rings (SSSR count). The first kappa shape index (κ1) is 19.3. The van der Waals surface area contributed by atoms with Crippen LogP contribution in [0.15, 0.2) is 79.8 Å². The molecule has 2 heterocycles. The lowest BCUT2D eigenvalue weighted by Crippen LogP contribution is -1.91. The van der Waals surface area contributed by atoms with Gasteiger partial charge in [-0.1, -0.05) is 36.0 Å². The van der Waals surface area contributed by atoms with E-state index in [2.05, 4.69) is 0 Å². The molecule has 0 radical (unpaired) electrons. The summed E-state index contributed by atoms with van der Waals surface area (Å²) in [7, 11) is 0. The van der Waals surface area contributed by atoms with Crippen molar-refractivity contribution >= 4 is 45.8 Å². The Hall–Kier alpha value is -3.01. The van der Waals surface area contributed by atoms with Gasteiger partial charge in [-0.15, -0.1) is 22.7 Å². The van der Waals surface area contributed by atoms with Gasteiger partial charge in [0.15, 0.2) is 0 Å². The number of thiophene rings is 2. The zero-order valence-electron chi connectivity index (χ0n) is 14.7. The summed E-state index contributed by atoms with van der Waals surface area (Å²) in [4.78, 5) is 22.1. The molecule has 0 bridgehead atoms. The SMILES string of the molecule is O=[N+]([O-])c1ccccc1-c1ccsc1Sc1sccc1-c1ccccc1[N+](=O)[O-]. The molecule has 0 aliphatic rings. The van der Waals surface area contributed by atoms with Gasteiger partial charge in [0.1, 0.15) is 0 Å². The van der Waals surface area contributed by atoms with Crippen LogP contribution in [0.25, 0.3) is 22.3 Å². The molecule has 9 heteroatoms. The quantitative estimate of drug-likeness (QED) is 0.235. The second-order valence-corrected chi connectivity index (χ2v) is 9.26. The molecule has 144 valence electrons. The lowest BCUT2D eigenvalue weighted by molar-refractivity contribution is -0.384. The summed E-state index contributed by atoms with van der Waals surface area (Å²) >= 11 is 4.46. The Bertz CT molecular complexity index is 1120. The smallest absolute Gasteiger partial charge is 0.258 e. The zero-order valence-corrected chi connectivity index (χ0v) is 17.1. The van der Waals surface area contributed by atoms with E-state index in [1.165, 1.54) is 46.6 Å². The third-order valence-electron chi connectivity index (χ3n) is 4.23.